The fraction of sp³-hybridized carbons (Fsp3) is 0.750. The summed E-state index contributed by atoms with van der Waals surface area (Å²) < 4.78 is 60.6. The van der Waals surface area contributed by atoms with Crippen LogP contribution in [-0.4, -0.2) is 29.4 Å². The Bertz CT molecular complexity index is 531. The molecule has 0 atom stereocenters. The highest BCUT2D eigenvalue weighted by molar-refractivity contribution is 7.90. The summed E-state index contributed by atoms with van der Waals surface area (Å²) in [6, 6.07) is 0. The minimum atomic E-state index is -4.73. The van der Waals surface area contributed by atoms with Gasteiger partial charge in [0.15, 0.2) is 0 Å². The quantitative estimate of drug-likeness (QED) is 0.824. The van der Waals surface area contributed by atoms with Gasteiger partial charge in [0.1, 0.15) is 0 Å². The summed E-state index contributed by atoms with van der Waals surface area (Å²) in [5.74, 6) is -1.20. The summed E-state index contributed by atoms with van der Waals surface area (Å²) in [6.07, 6.45) is -2.15. The van der Waals surface area contributed by atoms with Gasteiger partial charge in [-0.05, 0) is 18.8 Å². The van der Waals surface area contributed by atoms with Crippen LogP contribution in [0, 0.1) is 5.92 Å². The maximum absolute atomic E-state index is 12.4. The van der Waals surface area contributed by atoms with Crippen molar-refractivity contribution in [3.63, 3.8) is 0 Å². The molecule has 0 saturated heterocycles. The van der Waals surface area contributed by atoms with Crippen LogP contribution in [0.4, 0.5) is 13.2 Å². The van der Waals surface area contributed by atoms with Gasteiger partial charge in [-0.15, -0.1) is 5.10 Å². The fourth-order valence-corrected chi connectivity index (χ4v) is 2.14. The first kappa shape index (κ1) is 12.3. The molecule has 0 spiro atoms. The molecule has 2 rings (SSSR count). The van der Waals surface area contributed by atoms with Crippen molar-refractivity contribution in [2.24, 2.45) is 5.92 Å². The van der Waals surface area contributed by atoms with Crippen LogP contribution in [0.3, 0.4) is 0 Å². The molecule has 0 aliphatic heterocycles. The van der Waals surface area contributed by atoms with Crippen LogP contribution < -0.4 is 0 Å². The molecule has 1 fully saturated rings. The highest BCUT2D eigenvalue weighted by atomic mass is 32.2. The Hall–Kier alpha value is -1.12. The van der Waals surface area contributed by atoms with Gasteiger partial charge >= 0.3 is 6.18 Å². The van der Waals surface area contributed by atoms with Crippen molar-refractivity contribution in [1.29, 1.82) is 0 Å². The van der Waals surface area contributed by atoms with Gasteiger partial charge < -0.3 is 0 Å². The van der Waals surface area contributed by atoms with Crippen molar-refractivity contribution in [3.05, 3.63) is 5.82 Å². The average Bonchev–Trinajstić information content (AvgIpc) is 2.77. The molecule has 0 unspecified atom stereocenters. The summed E-state index contributed by atoms with van der Waals surface area (Å²) >= 11 is 0. The summed E-state index contributed by atoms with van der Waals surface area (Å²) in [4.78, 5) is 3.07. The third-order valence-electron chi connectivity index (χ3n) is 2.35. The van der Waals surface area contributed by atoms with E-state index in [-0.39, 0.29) is 12.5 Å². The van der Waals surface area contributed by atoms with Crippen LogP contribution in [0.1, 0.15) is 18.7 Å². The van der Waals surface area contributed by atoms with E-state index in [9.17, 15) is 21.6 Å². The molecule has 9 heteroatoms. The Morgan fingerprint density at radius 2 is 2.00 bits per heavy atom. The van der Waals surface area contributed by atoms with Crippen molar-refractivity contribution >= 4 is 9.84 Å². The summed E-state index contributed by atoms with van der Waals surface area (Å²) in [7, 11) is -3.80. The second-order valence-corrected chi connectivity index (χ2v) is 6.02. The lowest BCUT2D eigenvalue weighted by atomic mass is 10.4. The van der Waals surface area contributed by atoms with E-state index < -0.39 is 27.0 Å². The molecule has 0 radical (unpaired) electrons. The Morgan fingerprint density at radius 3 is 2.41 bits per heavy atom. The van der Waals surface area contributed by atoms with Crippen molar-refractivity contribution in [2.75, 3.05) is 6.26 Å². The third-order valence-corrected chi connectivity index (χ3v) is 3.32. The first-order valence-electron chi connectivity index (χ1n) is 4.90. The van der Waals surface area contributed by atoms with E-state index >= 15 is 0 Å². The number of rotatable bonds is 3. The molecule has 1 aliphatic rings. The highest BCUT2D eigenvalue weighted by Gasteiger charge is 2.39. The molecule has 96 valence electrons. The van der Waals surface area contributed by atoms with E-state index in [1.54, 1.807) is 0 Å². The fourth-order valence-electron chi connectivity index (χ4n) is 1.39. The largest absolute Gasteiger partial charge is 0.453 e. The smallest absolute Gasteiger partial charge is 0.236 e. The van der Waals surface area contributed by atoms with Crippen molar-refractivity contribution in [3.8, 4) is 0 Å². The predicted molar refractivity (Wildman–Crippen MR) is 50.9 cm³/mol. The lowest BCUT2D eigenvalue weighted by molar-refractivity contribution is -0.145. The molecule has 5 nitrogen and oxygen atoms in total. The van der Waals surface area contributed by atoms with Crippen LogP contribution in [0.25, 0.3) is 0 Å². The van der Waals surface area contributed by atoms with Gasteiger partial charge in [-0.25, -0.2) is 13.1 Å². The molecular weight excluding hydrogens is 259 g/mol. The second kappa shape index (κ2) is 3.69. The van der Waals surface area contributed by atoms with Crippen LogP contribution in [0.2, 0.25) is 0 Å². The first-order chi connectivity index (χ1) is 7.68. The third kappa shape index (κ3) is 2.76. The number of hydrogen-bond donors (Lipinski definition) is 0. The van der Waals surface area contributed by atoms with E-state index in [2.05, 4.69) is 10.1 Å². The zero-order valence-corrected chi connectivity index (χ0v) is 9.72. The minimum Gasteiger partial charge on any atom is -0.236 e. The van der Waals surface area contributed by atoms with Gasteiger partial charge in [0, 0.05) is 12.8 Å². The minimum absolute atomic E-state index is 0.172. The summed E-state index contributed by atoms with van der Waals surface area (Å²) in [5, 5.41) is 2.62. The van der Waals surface area contributed by atoms with Crippen LogP contribution in [0.5, 0.6) is 0 Å². The highest BCUT2D eigenvalue weighted by Crippen LogP contribution is 2.32. The number of sulfone groups is 1. The zero-order chi connectivity index (χ0) is 12.8. The molecule has 1 aromatic heterocycles. The lowest BCUT2D eigenvalue weighted by Crippen LogP contribution is -2.12. The molecule has 0 amide bonds. The van der Waals surface area contributed by atoms with E-state index in [0.29, 0.717) is 0 Å². The lowest BCUT2D eigenvalue weighted by Gasteiger charge is -2.01. The van der Waals surface area contributed by atoms with Gasteiger partial charge in [-0.3, -0.25) is 0 Å². The second-order valence-electron chi connectivity index (χ2n) is 4.11. The van der Waals surface area contributed by atoms with Crippen molar-refractivity contribution in [1.82, 2.24) is 14.8 Å². The predicted octanol–water partition coefficient (Wildman–Crippen LogP) is 1.11. The van der Waals surface area contributed by atoms with Crippen LogP contribution in [0.15, 0.2) is 5.16 Å². The maximum Gasteiger partial charge on any atom is 0.453 e. The topological polar surface area (TPSA) is 64.8 Å². The summed E-state index contributed by atoms with van der Waals surface area (Å²) in [5.41, 5.74) is 0. The standard InChI is InChI=1S/C8H10F3N3O2S/c1-17(15,16)7-12-6(8(9,10)11)13-14(7)4-5-2-3-5/h5H,2-4H2,1H3. The molecule has 1 saturated carbocycles. The summed E-state index contributed by atoms with van der Waals surface area (Å²) in [6.45, 7) is 0.172. The number of nitrogens with zero attached hydrogens (tertiary/aromatic N) is 3. The van der Waals surface area contributed by atoms with Gasteiger partial charge in [0.25, 0.3) is 5.82 Å². The normalized spacial score (nSPS) is 17.4. The molecule has 0 bridgehead atoms. The molecule has 1 aliphatic carbocycles. The Morgan fingerprint density at radius 1 is 1.41 bits per heavy atom. The molecular formula is C8H10F3N3O2S. The number of alkyl halides is 3. The van der Waals surface area contributed by atoms with Crippen molar-refractivity contribution < 1.29 is 21.6 Å². The molecule has 0 aromatic carbocycles. The number of halogens is 3. The number of aromatic nitrogens is 3. The van der Waals surface area contributed by atoms with E-state index in [1.807, 2.05) is 0 Å². The van der Waals surface area contributed by atoms with E-state index in [4.69, 9.17) is 0 Å². The molecule has 1 heterocycles. The van der Waals surface area contributed by atoms with Gasteiger partial charge in [-0.1, -0.05) is 0 Å². The van der Waals surface area contributed by atoms with Gasteiger partial charge in [0.2, 0.25) is 15.0 Å². The monoisotopic (exact) mass is 269 g/mol. The molecule has 0 N–H and O–H groups in total. The van der Waals surface area contributed by atoms with Gasteiger partial charge in [0.05, 0.1) is 0 Å². The SMILES string of the molecule is CS(=O)(=O)c1nc(C(F)(F)F)nn1CC1CC1. The van der Waals surface area contributed by atoms with Crippen molar-refractivity contribution in [2.45, 2.75) is 30.7 Å². The number of hydrogen-bond acceptors (Lipinski definition) is 4. The Labute approximate surface area is 95.6 Å². The Balaban J connectivity index is 2.43. The first-order valence-corrected chi connectivity index (χ1v) is 6.79. The van der Waals surface area contributed by atoms with E-state index in [0.717, 1.165) is 23.8 Å². The van der Waals surface area contributed by atoms with Crippen LogP contribution in [-0.2, 0) is 22.6 Å². The van der Waals surface area contributed by atoms with Gasteiger partial charge in [-0.2, -0.15) is 18.2 Å². The zero-order valence-electron chi connectivity index (χ0n) is 8.90. The maximum atomic E-state index is 12.4. The Kier molecular flexibility index (Phi) is 2.68. The van der Waals surface area contributed by atoms with Crippen LogP contribution >= 0.6 is 0 Å². The molecule has 17 heavy (non-hydrogen) atoms. The van der Waals surface area contributed by atoms with E-state index in [1.165, 1.54) is 0 Å². The average molecular weight is 269 g/mol. The molecule has 1 aromatic rings.